The fraction of sp³-hybridized carbons (Fsp3) is 0.308. The Morgan fingerprint density at radius 1 is 1.37 bits per heavy atom. The Labute approximate surface area is 117 Å². The highest BCUT2D eigenvalue weighted by molar-refractivity contribution is 6.32. The third kappa shape index (κ3) is 3.39. The maximum absolute atomic E-state index is 6.08. The molecule has 0 radical (unpaired) electrons. The van der Waals surface area contributed by atoms with Crippen LogP contribution in [0.5, 0.6) is 5.75 Å². The maximum atomic E-state index is 6.08. The van der Waals surface area contributed by atoms with Gasteiger partial charge in [-0.25, -0.2) is 4.98 Å². The van der Waals surface area contributed by atoms with Crippen LogP contribution in [0.2, 0.25) is 5.02 Å². The average molecular weight is 282 g/mol. The quantitative estimate of drug-likeness (QED) is 0.884. The lowest BCUT2D eigenvalue weighted by Gasteiger charge is -2.10. The number of hydrogen-bond donors (Lipinski definition) is 1. The zero-order chi connectivity index (χ0) is 13.7. The smallest absolute Gasteiger partial charge is 0.207 e. The van der Waals surface area contributed by atoms with Crippen molar-refractivity contribution in [3.05, 3.63) is 35.6 Å². The van der Waals surface area contributed by atoms with E-state index in [9.17, 15) is 0 Å². The molecule has 2 aromatic rings. The molecule has 1 N–H and O–H groups in total. The van der Waals surface area contributed by atoms with E-state index in [1.807, 2.05) is 22.9 Å². The van der Waals surface area contributed by atoms with Gasteiger partial charge in [-0.3, -0.25) is 0 Å². The lowest BCUT2D eigenvalue weighted by Crippen LogP contribution is -2.07. The van der Waals surface area contributed by atoms with Gasteiger partial charge in [0.15, 0.2) is 0 Å². The van der Waals surface area contributed by atoms with E-state index in [2.05, 4.69) is 10.3 Å². The van der Waals surface area contributed by atoms with Gasteiger partial charge in [0.1, 0.15) is 5.75 Å². The van der Waals surface area contributed by atoms with E-state index in [0.717, 1.165) is 18.2 Å². The molecule has 1 aromatic heterocycles. The monoisotopic (exact) mass is 281 g/mol. The van der Waals surface area contributed by atoms with Gasteiger partial charge in [-0.1, -0.05) is 11.6 Å². The number of imidazole rings is 1. The van der Waals surface area contributed by atoms with Crippen LogP contribution in [0.1, 0.15) is 0 Å². The minimum Gasteiger partial charge on any atom is -0.495 e. The molecule has 1 aromatic carbocycles. The minimum atomic E-state index is 0.558. The van der Waals surface area contributed by atoms with E-state index in [-0.39, 0.29) is 0 Å². The van der Waals surface area contributed by atoms with Crippen LogP contribution in [0.15, 0.2) is 30.6 Å². The zero-order valence-electron chi connectivity index (χ0n) is 10.9. The summed E-state index contributed by atoms with van der Waals surface area (Å²) >= 11 is 6.08. The third-order valence-electron chi connectivity index (χ3n) is 2.66. The first-order valence-electron chi connectivity index (χ1n) is 5.85. The van der Waals surface area contributed by atoms with Crippen molar-refractivity contribution in [3.8, 4) is 5.75 Å². The van der Waals surface area contributed by atoms with Crippen LogP contribution in [0.4, 0.5) is 11.6 Å². The summed E-state index contributed by atoms with van der Waals surface area (Å²) in [6.07, 6.45) is 3.63. The molecule has 0 aliphatic rings. The summed E-state index contributed by atoms with van der Waals surface area (Å²) in [7, 11) is 3.26. The predicted octanol–water partition coefficient (Wildman–Crippen LogP) is 2.94. The number of halogens is 1. The molecule has 0 bridgehead atoms. The highest BCUT2D eigenvalue weighted by Gasteiger charge is 2.05. The van der Waals surface area contributed by atoms with Crippen molar-refractivity contribution >= 4 is 23.2 Å². The van der Waals surface area contributed by atoms with Gasteiger partial charge >= 0.3 is 0 Å². The second-order valence-electron chi connectivity index (χ2n) is 3.91. The number of benzene rings is 1. The number of methoxy groups -OCH3 is 2. The largest absolute Gasteiger partial charge is 0.495 e. The normalized spacial score (nSPS) is 10.5. The Balaban J connectivity index is 2.12. The van der Waals surface area contributed by atoms with Crippen LogP contribution in [0, 0.1) is 0 Å². The van der Waals surface area contributed by atoms with Crippen molar-refractivity contribution in [1.82, 2.24) is 9.55 Å². The Kier molecular flexibility index (Phi) is 4.65. The molecule has 19 heavy (non-hydrogen) atoms. The van der Waals surface area contributed by atoms with Crippen molar-refractivity contribution in [2.45, 2.75) is 6.54 Å². The van der Waals surface area contributed by atoms with Crippen molar-refractivity contribution in [2.24, 2.45) is 0 Å². The first kappa shape index (κ1) is 13.7. The topological polar surface area (TPSA) is 48.3 Å². The van der Waals surface area contributed by atoms with E-state index < -0.39 is 0 Å². The SMILES string of the molecule is COCCn1ccnc1Nc1ccc(OC)c(Cl)c1. The molecule has 5 nitrogen and oxygen atoms in total. The predicted molar refractivity (Wildman–Crippen MR) is 75.4 cm³/mol. The van der Waals surface area contributed by atoms with Crippen LogP contribution in [-0.4, -0.2) is 30.4 Å². The second-order valence-corrected chi connectivity index (χ2v) is 4.32. The third-order valence-corrected chi connectivity index (χ3v) is 2.96. The van der Waals surface area contributed by atoms with E-state index in [1.54, 1.807) is 26.5 Å². The first-order valence-corrected chi connectivity index (χ1v) is 6.23. The summed E-state index contributed by atoms with van der Waals surface area (Å²) < 4.78 is 12.1. The maximum Gasteiger partial charge on any atom is 0.207 e. The summed E-state index contributed by atoms with van der Waals surface area (Å²) in [5, 5.41) is 3.77. The Morgan fingerprint density at radius 2 is 2.21 bits per heavy atom. The number of ether oxygens (including phenoxy) is 2. The Hall–Kier alpha value is -1.72. The van der Waals surface area contributed by atoms with Crippen LogP contribution in [0.25, 0.3) is 0 Å². The molecular formula is C13H16ClN3O2. The van der Waals surface area contributed by atoms with Gasteiger partial charge in [0, 0.05) is 31.7 Å². The minimum absolute atomic E-state index is 0.558. The molecule has 0 atom stereocenters. The van der Waals surface area contributed by atoms with Gasteiger partial charge in [0.2, 0.25) is 5.95 Å². The van der Waals surface area contributed by atoms with Crippen molar-refractivity contribution < 1.29 is 9.47 Å². The van der Waals surface area contributed by atoms with Crippen molar-refractivity contribution in [1.29, 1.82) is 0 Å². The lowest BCUT2D eigenvalue weighted by atomic mass is 10.3. The molecule has 2 rings (SSSR count). The van der Waals surface area contributed by atoms with E-state index in [0.29, 0.717) is 17.4 Å². The van der Waals surface area contributed by atoms with Crippen molar-refractivity contribution in [3.63, 3.8) is 0 Å². The van der Waals surface area contributed by atoms with Crippen LogP contribution in [-0.2, 0) is 11.3 Å². The molecule has 0 unspecified atom stereocenters. The van der Waals surface area contributed by atoms with Crippen LogP contribution >= 0.6 is 11.6 Å². The molecule has 6 heteroatoms. The fourth-order valence-corrected chi connectivity index (χ4v) is 1.93. The molecule has 1 heterocycles. The molecule has 0 fully saturated rings. The van der Waals surface area contributed by atoms with Gasteiger partial charge in [-0.15, -0.1) is 0 Å². The summed E-state index contributed by atoms with van der Waals surface area (Å²) in [5.74, 6) is 1.40. The van der Waals surface area contributed by atoms with Gasteiger partial charge < -0.3 is 19.4 Å². The summed E-state index contributed by atoms with van der Waals surface area (Å²) in [6.45, 7) is 1.37. The van der Waals surface area contributed by atoms with Crippen LogP contribution < -0.4 is 10.1 Å². The van der Waals surface area contributed by atoms with Gasteiger partial charge in [-0.05, 0) is 18.2 Å². The van der Waals surface area contributed by atoms with E-state index >= 15 is 0 Å². The molecular weight excluding hydrogens is 266 g/mol. The zero-order valence-corrected chi connectivity index (χ0v) is 11.6. The summed E-state index contributed by atoms with van der Waals surface area (Å²) in [5.41, 5.74) is 0.857. The molecule has 0 amide bonds. The van der Waals surface area contributed by atoms with Gasteiger partial charge in [0.05, 0.1) is 18.7 Å². The highest BCUT2D eigenvalue weighted by Crippen LogP contribution is 2.28. The Morgan fingerprint density at radius 3 is 2.89 bits per heavy atom. The molecule has 0 aliphatic carbocycles. The number of nitrogens with one attached hydrogen (secondary N) is 1. The fourth-order valence-electron chi connectivity index (χ4n) is 1.68. The number of rotatable bonds is 6. The van der Waals surface area contributed by atoms with Gasteiger partial charge in [0.25, 0.3) is 0 Å². The number of aromatic nitrogens is 2. The molecule has 0 spiro atoms. The van der Waals surface area contributed by atoms with E-state index in [1.165, 1.54) is 0 Å². The Bertz CT molecular complexity index is 542. The summed E-state index contributed by atoms with van der Waals surface area (Å²) in [4.78, 5) is 4.26. The van der Waals surface area contributed by atoms with Crippen LogP contribution in [0.3, 0.4) is 0 Å². The second kappa shape index (κ2) is 6.45. The molecule has 102 valence electrons. The average Bonchev–Trinajstić information content (AvgIpc) is 2.84. The van der Waals surface area contributed by atoms with E-state index in [4.69, 9.17) is 21.1 Å². The van der Waals surface area contributed by atoms with Gasteiger partial charge in [-0.2, -0.15) is 0 Å². The highest BCUT2D eigenvalue weighted by atomic mass is 35.5. The number of anilines is 2. The van der Waals surface area contributed by atoms with Crippen molar-refractivity contribution in [2.75, 3.05) is 26.1 Å². The standard InChI is InChI=1S/C13H16ClN3O2/c1-18-8-7-17-6-5-15-13(17)16-10-3-4-12(19-2)11(14)9-10/h3-6,9H,7-8H2,1-2H3,(H,15,16). The molecule has 0 aliphatic heterocycles. The number of hydrogen-bond acceptors (Lipinski definition) is 4. The molecule has 0 saturated heterocycles. The number of nitrogens with zero attached hydrogens (tertiary/aromatic N) is 2. The summed E-state index contributed by atoms with van der Waals surface area (Å²) in [6, 6.07) is 5.50. The molecule has 0 saturated carbocycles. The first-order chi connectivity index (χ1) is 9.24. The lowest BCUT2D eigenvalue weighted by molar-refractivity contribution is 0.188.